The number of anilines is 1. The van der Waals surface area contributed by atoms with E-state index >= 15 is 0 Å². The number of alkyl halides is 3. The molecule has 4 rings (SSSR count). The van der Waals surface area contributed by atoms with Crippen molar-refractivity contribution in [3.05, 3.63) is 94.6 Å². The Morgan fingerprint density at radius 2 is 1.53 bits per heavy atom. The second-order valence-electron chi connectivity index (χ2n) is 8.11. The summed E-state index contributed by atoms with van der Waals surface area (Å²) in [6.07, 6.45) is -4.66. The Morgan fingerprint density at radius 1 is 0.917 bits per heavy atom. The number of nitrogens with zero attached hydrogens (tertiary/aromatic N) is 1. The maximum absolute atomic E-state index is 13.5. The van der Waals surface area contributed by atoms with E-state index in [0.29, 0.717) is 11.1 Å². The zero-order valence-electron chi connectivity index (χ0n) is 19.6. The van der Waals surface area contributed by atoms with Gasteiger partial charge in [-0.05, 0) is 48.4 Å². The van der Waals surface area contributed by atoms with Gasteiger partial charge in [0.15, 0.2) is 0 Å². The maximum atomic E-state index is 13.5. The summed E-state index contributed by atoms with van der Waals surface area (Å²) in [6, 6.07) is 14.5. The van der Waals surface area contributed by atoms with Gasteiger partial charge in [-0.3, -0.25) is 14.5 Å². The molecule has 0 saturated carbocycles. The Balaban J connectivity index is 2.03. The topological polar surface area (TPSA) is 76.1 Å². The number of ketones is 1. The van der Waals surface area contributed by atoms with Crippen molar-refractivity contribution in [2.45, 2.75) is 19.1 Å². The van der Waals surface area contributed by atoms with Gasteiger partial charge >= 0.3 is 6.18 Å². The molecule has 36 heavy (non-hydrogen) atoms. The van der Waals surface area contributed by atoms with Gasteiger partial charge in [0.05, 0.1) is 31.4 Å². The first-order chi connectivity index (χ1) is 17.1. The van der Waals surface area contributed by atoms with Crippen LogP contribution in [0.15, 0.2) is 72.3 Å². The maximum Gasteiger partial charge on any atom is 0.416 e. The Morgan fingerprint density at radius 3 is 2.11 bits per heavy atom. The lowest BCUT2D eigenvalue weighted by atomic mass is 9.92. The van der Waals surface area contributed by atoms with Gasteiger partial charge in [0.25, 0.3) is 11.7 Å². The predicted octanol–water partition coefficient (Wildman–Crippen LogP) is 5.66. The Kier molecular flexibility index (Phi) is 6.49. The van der Waals surface area contributed by atoms with Crippen LogP contribution in [0.2, 0.25) is 0 Å². The number of hydrogen-bond donors (Lipinski definition) is 1. The molecule has 3 aromatic carbocycles. The third kappa shape index (κ3) is 4.17. The zero-order chi connectivity index (χ0) is 26.2. The zero-order valence-corrected chi connectivity index (χ0v) is 19.6. The molecule has 0 bridgehead atoms. The van der Waals surface area contributed by atoms with Crippen molar-refractivity contribution in [1.82, 2.24) is 0 Å². The van der Waals surface area contributed by atoms with E-state index in [1.165, 1.54) is 20.3 Å². The van der Waals surface area contributed by atoms with Crippen molar-refractivity contribution in [2.24, 2.45) is 0 Å². The average Bonchev–Trinajstić information content (AvgIpc) is 3.13. The fourth-order valence-electron chi connectivity index (χ4n) is 4.34. The molecule has 1 unspecified atom stereocenters. The Bertz CT molecular complexity index is 1360. The van der Waals surface area contributed by atoms with Gasteiger partial charge in [-0.2, -0.15) is 13.2 Å². The summed E-state index contributed by atoms with van der Waals surface area (Å²) in [5, 5.41) is 11.4. The monoisotopic (exact) mass is 497 g/mol. The number of carbonyl (C=O) groups is 2. The average molecular weight is 497 g/mol. The highest BCUT2D eigenvalue weighted by Gasteiger charge is 2.48. The number of rotatable bonds is 5. The highest BCUT2D eigenvalue weighted by atomic mass is 19.4. The number of benzene rings is 3. The second-order valence-corrected chi connectivity index (χ2v) is 8.11. The van der Waals surface area contributed by atoms with Crippen molar-refractivity contribution < 1.29 is 37.3 Å². The highest BCUT2D eigenvalue weighted by Crippen LogP contribution is 2.46. The number of aryl methyl sites for hydroxylation is 1. The lowest BCUT2D eigenvalue weighted by Gasteiger charge is -2.27. The molecule has 9 heteroatoms. The van der Waals surface area contributed by atoms with Gasteiger partial charge in [0.1, 0.15) is 22.8 Å². The minimum atomic E-state index is -4.66. The van der Waals surface area contributed by atoms with Crippen LogP contribution < -0.4 is 14.4 Å². The largest absolute Gasteiger partial charge is 0.506 e. The van der Waals surface area contributed by atoms with Gasteiger partial charge in [-0.25, -0.2) is 0 Å². The minimum absolute atomic E-state index is 0.0446. The van der Waals surface area contributed by atoms with E-state index in [0.717, 1.165) is 23.1 Å². The van der Waals surface area contributed by atoms with E-state index < -0.39 is 35.2 Å². The molecule has 186 valence electrons. The van der Waals surface area contributed by atoms with Crippen LogP contribution in [0.25, 0.3) is 5.76 Å². The molecule has 0 spiro atoms. The van der Waals surface area contributed by atoms with Crippen LogP contribution in [0, 0.1) is 6.92 Å². The first-order valence-corrected chi connectivity index (χ1v) is 10.8. The fourth-order valence-corrected chi connectivity index (χ4v) is 4.34. The molecule has 1 N–H and O–H groups in total. The summed E-state index contributed by atoms with van der Waals surface area (Å²) in [5.74, 6) is -2.32. The van der Waals surface area contributed by atoms with Crippen molar-refractivity contribution in [1.29, 1.82) is 0 Å². The molecule has 1 aliphatic heterocycles. The van der Waals surface area contributed by atoms with E-state index in [1.54, 1.807) is 49.4 Å². The third-order valence-electron chi connectivity index (χ3n) is 6.04. The van der Waals surface area contributed by atoms with Gasteiger partial charge in [0.2, 0.25) is 0 Å². The standard InChI is InChI=1S/C27H22F3NO5/c1-15-8-4-5-11-18(15)23-22(24(32)21-19(35-2)12-7-13-20(21)36-3)25(33)26(34)31(23)17-10-6-9-16(14-17)27(28,29)30/h4-14,23,32H,1-3H3/b24-22+. The highest BCUT2D eigenvalue weighted by molar-refractivity contribution is 6.51. The van der Waals surface area contributed by atoms with E-state index in [4.69, 9.17) is 9.47 Å². The Labute approximate surface area is 205 Å². The number of hydrogen-bond acceptors (Lipinski definition) is 5. The number of Topliss-reactive ketones (excluding diaryl/α,β-unsaturated/α-hetero) is 1. The summed E-state index contributed by atoms with van der Waals surface area (Å²) in [4.78, 5) is 27.7. The summed E-state index contributed by atoms with van der Waals surface area (Å²) in [5.41, 5.74) is -0.232. The number of aliphatic hydroxyl groups excluding tert-OH is 1. The molecule has 1 atom stereocenters. The van der Waals surface area contributed by atoms with E-state index in [-0.39, 0.29) is 28.3 Å². The van der Waals surface area contributed by atoms with Gasteiger partial charge in [-0.15, -0.1) is 0 Å². The molecule has 6 nitrogen and oxygen atoms in total. The first kappa shape index (κ1) is 24.8. The minimum Gasteiger partial charge on any atom is -0.506 e. The van der Waals surface area contributed by atoms with Crippen molar-refractivity contribution in [3.8, 4) is 11.5 Å². The number of amides is 1. The predicted molar refractivity (Wildman–Crippen MR) is 127 cm³/mol. The molecule has 1 fully saturated rings. The van der Waals surface area contributed by atoms with Crippen molar-refractivity contribution >= 4 is 23.1 Å². The van der Waals surface area contributed by atoms with Gasteiger partial charge in [0, 0.05) is 5.69 Å². The van der Waals surface area contributed by atoms with Crippen LogP contribution in [-0.2, 0) is 15.8 Å². The lowest BCUT2D eigenvalue weighted by molar-refractivity contribution is -0.137. The smallest absolute Gasteiger partial charge is 0.416 e. The number of carbonyl (C=O) groups excluding carboxylic acids is 2. The molecule has 1 aliphatic rings. The van der Waals surface area contributed by atoms with Crippen LogP contribution >= 0.6 is 0 Å². The number of methoxy groups -OCH3 is 2. The summed E-state index contributed by atoms with van der Waals surface area (Å²) in [6.45, 7) is 1.74. The van der Waals surface area contributed by atoms with Crippen LogP contribution in [-0.4, -0.2) is 31.0 Å². The molecule has 0 aromatic heterocycles. The molecular formula is C27H22F3NO5. The first-order valence-electron chi connectivity index (χ1n) is 10.8. The SMILES string of the molecule is COc1cccc(OC)c1/C(O)=C1\C(=O)C(=O)N(c2cccc(C(F)(F)F)c2)C1c1ccccc1C. The van der Waals surface area contributed by atoms with E-state index in [9.17, 15) is 27.9 Å². The molecule has 1 heterocycles. The molecule has 1 saturated heterocycles. The molecular weight excluding hydrogens is 475 g/mol. The summed E-state index contributed by atoms with van der Waals surface area (Å²) in [7, 11) is 2.73. The van der Waals surface area contributed by atoms with E-state index in [1.807, 2.05) is 0 Å². The third-order valence-corrected chi connectivity index (χ3v) is 6.04. The van der Waals surface area contributed by atoms with Gasteiger partial charge < -0.3 is 14.6 Å². The summed E-state index contributed by atoms with van der Waals surface area (Å²) >= 11 is 0. The van der Waals surface area contributed by atoms with Gasteiger partial charge in [-0.1, -0.05) is 36.4 Å². The molecule has 0 radical (unpaired) electrons. The number of halogens is 3. The van der Waals surface area contributed by atoms with Crippen LogP contribution in [0.5, 0.6) is 11.5 Å². The summed E-state index contributed by atoms with van der Waals surface area (Å²) < 4.78 is 51.1. The van der Waals surface area contributed by atoms with E-state index in [2.05, 4.69) is 0 Å². The molecule has 0 aliphatic carbocycles. The fraction of sp³-hybridized carbons (Fsp3) is 0.185. The Hall–Kier alpha value is -4.27. The number of aliphatic hydroxyl groups is 1. The quantitative estimate of drug-likeness (QED) is 0.280. The second kappa shape index (κ2) is 9.41. The van der Waals surface area contributed by atoms with Crippen LogP contribution in [0.1, 0.15) is 28.3 Å². The number of ether oxygens (including phenoxy) is 2. The normalized spacial score (nSPS) is 17.4. The lowest BCUT2D eigenvalue weighted by Crippen LogP contribution is -2.30. The van der Waals surface area contributed by atoms with Crippen molar-refractivity contribution in [3.63, 3.8) is 0 Å². The van der Waals surface area contributed by atoms with Crippen LogP contribution in [0.4, 0.5) is 18.9 Å². The molecule has 1 amide bonds. The molecule has 3 aromatic rings. The van der Waals surface area contributed by atoms with Crippen LogP contribution in [0.3, 0.4) is 0 Å². The van der Waals surface area contributed by atoms with Crippen molar-refractivity contribution in [2.75, 3.05) is 19.1 Å².